The highest BCUT2D eigenvalue weighted by atomic mass is 79.9. The molecule has 0 bridgehead atoms. The number of nitrogens with one attached hydrogen (secondary N) is 1. The molecule has 0 heterocycles. The molecule has 120 valence electrons. The van der Waals surface area contributed by atoms with E-state index >= 15 is 0 Å². The molecule has 1 saturated carbocycles. The van der Waals surface area contributed by atoms with E-state index in [4.69, 9.17) is 4.74 Å². The van der Waals surface area contributed by atoms with Gasteiger partial charge in [-0.25, -0.2) is 8.78 Å². The summed E-state index contributed by atoms with van der Waals surface area (Å²) in [5, 5.41) is 2.83. The van der Waals surface area contributed by atoms with E-state index in [1.807, 2.05) is 0 Å². The fourth-order valence-electron chi connectivity index (χ4n) is 2.11. The van der Waals surface area contributed by atoms with Crippen LogP contribution >= 0.6 is 15.9 Å². The summed E-state index contributed by atoms with van der Waals surface area (Å²) in [6.45, 7) is 0. The van der Waals surface area contributed by atoms with E-state index < -0.39 is 17.7 Å². The van der Waals surface area contributed by atoms with Crippen LogP contribution in [0.1, 0.15) is 24.5 Å². The second kappa shape index (κ2) is 6.66. The maximum absolute atomic E-state index is 14.0. The molecule has 2 aromatic carbocycles. The molecule has 23 heavy (non-hydrogen) atoms. The monoisotopic (exact) mass is 381 g/mol. The van der Waals surface area contributed by atoms with Gasteiger partial charge in [-0.1, -0.05) is 28.1 Å². The van der Waals surface area contributed by atoms with E-state index in [9.17, 15) is 13.6 Å². The summed E-state index contributed by atoms with van der Waals surface area (Å²) in [5.41, 5.74) is 0.465. The lowest BCUT2D eigenvalue weighted by Gasteiger charge is -2.19. The molecule has 0 radical (unpaired) electrons. The van der Waals surface area contributed by atoms with E-state index in [0.29, 0.717) is 10.0 Å². The molecule has 1 amide bonds. The van der Waals surface area contributed by atoms with Crippen molar-refractivity contribution < 1.29 is 18.3 Å². The van der Waals surface area contributed by atoms with Crippen molar-refractivity contribution in [3.05, 3.63) is 64.1 Å². The number of ether oxygens (including phenoxy) is 1. The molecule has 0 unspecified atom stereocenters. The summed E-state index contributed by atoms with van der Waals surface area (Å²) in [5.74, 6) is -1.38. The average molecular weight is 382 g/mol. The Balaban J connectivity index is 1.87. The highest BCUT2D eigenvalue weighted by Gasteiger charge is 2.30. The van der Waals surface area contributed by atoms with Crippen molar-refractivity contribution in [1.29, 1.82) is 0 Å². The summed E-state index contributed by atoms with van der Waals surface area (Å²) in [6, 6.07) is 9.88. The summed E-state index contributed by atoms with van der Waals surface area (Å²) < 4.78 is 33.2. The first-order valence-corrected chi connectivity index (χ1v) is 8.00. The van der Waals surface area contributed by atoms with Crippen LogP contribution in [0.5, 0.6) is 5.75 Å². The van der Waals surface area contributed by atoms with Crippen molar-refractivity contribution in [1.82, 2.24) is 5.32 Å². The third kappa shape index (κ3) is 4.07. The van der Waals surface area contributed by atoms with Crippen LogP contribution in [0, 0.1) is 11.6 Å². The standard InChI is InChI=1S/C17H14BrF2NO2/c18-11-3-8-15(14(20)9-11)23-16(17(22)21-13-6-7-13)10-1-4-12(19)5-2-10/h1-5,8-9,13,16H,6-7H2,(H,21,22)/t16-/m1/s1. The highest BCUT2D eigenvalue weighted by molar-refractivity contribution is 9.10. The Bertz CT molecular complexity index is 717. The Hall–Kier alpha value is -1.95. The molecule has 2 aromatic rings. The van der Waals surface area contributed by atoms with E-state index in [1.54, 1.807) is 6.07 Å². The van der Waals surface area contributed by atoms with E-state index in [2.05, 4.69) is 21.2 Å². The minimum absolute atomic E-state index is 0.0338. The van der Waals surface area contributed by atoms with Gasteiger partial charge >= 0.3 is 0 Å². The quantitative estimate of drug-likeness (QED) is 0.845. The van der Waals surface area contributed by atoms with Gasteiger partial charge in [-0.15, -0.1) is 0 Å². The van der Waals surface area contributed by atoms with Crippen molar-refractivity contribution >= 4 is 21.8 Å². The van der Waals surface area contributed by atoms with Crippen LogP contribution in [-0.2, 0) is 4.79 Å². The topological polar surface area (TPSA) is 38.3 Å². The molecule has 0 saturated heterocycles. The Kier molecular flexibility index (Phi) is 4.61. The van der Waals surface area contributed by atoms with Crippen LogP contribution in [0.4, 0.5) is 8.78 Å². The fraction of sp³-hybridized carbons (Fsp3) is 0.235. The smallest absolute Gasteiger partial charge is 0.266 e. The molecule has 6 heteroatoms. The van der Waals surface area contributed by atoms with Gasteiger partial charge in [0.15, 0.2) is 11.6 Å². The maximum Gasteiger partial charge on any atom is 0.266 e. The van der Waals surface area contributed by atoms with Crippen LogP contribution < -0.4 is 10.1 Å². The maximum atomic E-state index is 14.0. The zero-order valence-corrected chi connectivity index (χ0v) is 13.6. The first kappa shape index (κ1) is 15.9. The van der Waals surface area contributed by atoms with Crippen LogP contribution in [0.15, 0.2) is 46.9 Å². The third-order valence-corrected chi connectivity index (χ3v) is 3.97. The van der Waals surface area contributed by atoms with Gasteiger partial charge in [0, 0.05) is 16.1 Å². The van der Waals surface area contributed by atoms with Gasteiger partial charge in [-0.2, -0.15) is 0 Å². The lowest BCUT2D eigenvalue weighted by molar-refractivity contribution is -0.128. The Morgan fingerprint density at radius 3 is 2.48 bits per heavy atom. The van der Waals surface area contributed by atoms with E-state index in [-0.39, 0.29) is 17.7 Å². The molecule has 0 aliphatic heterocycles. The lowest BCUT2D eigenvalue weighted by Crippen LogP contribution is -2.34. The van der Waals surface area contributed by atoms with E-state index in [0.717, 1.165) is 12.8 Å². The summed E-state index contributed by atoms with van der Waals surface area (Å²) >= 11 is 3.17. The van der Waals surface area contributed by atoms with Gasteiger partial charge in [0.1, 0.15) is 5.82 Å². The Morgan fingerprint density at radius 2 is 1.87 bits per heavy atom. The van der Waals surface area contributed by atoms with E-state index in [1.165, 1.54) is 36.4 Å². The van der Waals surface area contributed by atoms with Gasteiger partial charge in [-0.05, 0) is 43.2 Å². The van der Waals surface area contributed by atoms with Gasteiger partial charge < -0.3 is 10.1 Å². The minimum atomic E-state index is -1.04. The predicted octanol–water partition coefficient (Wildman–Crippen LogP) is 4.13. The highest BCUT2D eigenvalue weighted by Crippen LogP contribution is 2.28. The molecule has 1 aliphatic rings. The van der Waals surface area contributed by atoms with Crippen molar-refractivity contribution in [2.45, 2.75) is 25.0 Å². The summed E-state index contributed by atoms with van der Waals surface area (Å²) in [4.78, 5) is 12.4. The van der Waals surface area contributed by atoms with Crippen molar-refractivity contribution in [2.75, 3.05) is 0 Å². The molecule has 1 fully saturated rings. The van der Waals surface area contributed by atoms with Crippen LogP contribution in [-0.4, -0.2) is 11.9 Å². The Labute approximate surface area is 140 Å². The van der Waals surface area contributed by atoms with Gasteiger partial charge in [0.05, 0.1) is 0 Å². The second-order valence-electron chi connectivity index (χ2n) is 5.41. The zero-order valence-electron chi connectivity index (χ0n) is 12.1. The van der Waals surface area contributed by atoms with Crippen molar-refractivity contribution in [2.24, 2.45) is 0 Å². The normalized spacial score (nSPS) is 15.1. The van der Waals surface area contributed by atoms with Gasteiger partial charge in [0.2, 0.25) is 6.10 Å². The molecule has 0 spiro atoms. The molecule has 3 nitrogen and oxygen atoms in total. The van der Waals surface area contributed by atoms with Gasteiger partial charge in [-0.3, -0.25) is 4.79 Å². The molecule has 1 N–H and O–H groups in total. The fourth-order valence-corrected chi connectivity index (χ4v) is 2.45. The molecule has 3 rings (SSSR count). The SMILES string of the molecule is O=C(NC1CC1)[C@H](Oc1ccc(Br)cc1F)c1ccc(F)cc1. The summed E-state index contributed by atoms with van der Waals surface area (Å²) in [7, 11) is 0. The molecular weight excluding hydrogens is 368 g/mol. The largest absolute Gasteiger partial charge is 0.473 e. The molecule has 1 aliphatic carbocycles. The van der Waals surface area contributed by atoms with Crippen LogP contribution in [0.3, 0.4) is 0 Å². The van der Waals surface area contributed by atoms with Crippen LogP contribution in [0.25, 0.3) is 0 Å². The predicted molar refractivity (Wildman–Crippen MR) is 85.0 cm³/mol. The Morgan fingerprint density at radius 1 is 1.17 bits per heavy atom. The minimum Gasteiger partial charge on any atom is -0.473 e. The number of carbonyl (C=O) groups excluding carboxylic acids is 1. The van der Waals surface area contributed by atoms with Crippen molar-refractivity contribution in [3.8, 4) is 5.75 Å². The van der Waals surface area contributed by atoms with Crippen LogP contribution in [0.2, 0.25) is 0 Å². The number of amides is 1. The zero-order chi connectivity index (χ0) is 16.4. The first-order valence-electron chi connectivity index (χ1n) is 7.20. The number of halogens is 3. The van der Waals surface area contributed by atoms with Gasteiger partial charge in [0.25, 0.3) is 5.91 Å². The first-order chi connectivity index (χ1) is 11.0. The number of carbonyl (C=O) groups is 1. The number of hydrogen-bond donors (Lipinski definition) is 1. The number of rotatable bonds is 5. The average Bonchev–Trinajstić information content (AvgIpc) is 3.31. The molecule has 1 atom stereocenters. The summed E-state index contributed by atoms with van der Waals surface area (Å²) in [6.07, 6.45) is 0.815. The van der Waals surface area contributed by atoms with Crippen molar-refractivity contribution in [3.63, 3.8) is 0 Å². The lowest BCUT2D eigenvalue weighted by atomic mass is 10.1. The number of hydrogen-bond acceptors (Lipinski definition) is 2. The third-order valence-electron chi connectivity index (χ3n) is 3.47. The second-order valence-corrected chi connectivity index (χ2v) is 6.32. The molecule has 0 aromatic heterocycles. The number of benzene rings is 2. The molecular formula is C17H14BrF2NO2.